The van der Waals surface area contributed by atoms with Gasteiger partial charge in [-0.3, -0.25) is 9.59 Å². The van der Waals surface area contributed by atoms with E-state index in [9.17, 15) is 9.59 Å². The summed E-state index contributed by atoms with van der Waals surface area (Å²) in [5.74, 6) is 0.0723. The summed E-state index contributed by atoms with van der Waals surface area (Å²) in [4.78, 5) is 26.0. The van der Waals surface area contributed by atoms with Gasteiger partial charge in [0, 0.05) is 15.7 Å². The molecule has 2 aromatic rings. The van der Waals surface area contributed by atoms with Crippen molar-refractivity contribution in [2.24, 2.45) is 0 Å². The molecule has 0 unspecified atom stereocenters. The lowest BCUT2D eigenvalue weighted by molar-refractivity contribution is -0.121. The van der Waals surface area contributed by atoms with Gasteiger partial charge < -0.3 is 10.1 Å². The van der Waals surface area contributed by atoms with Gasteiger partial charge in [-0.05, 0) is 42.5 Å². The van der Waals surface area contributed by atoms with Crippen LogP contribution in [0.3, 0.4) is 0 Å². The van der Waals surface area contributed by atoms with Gasteiger partial charge in [0.2, 0.25) is 5.91 Å². The predicted molar refractivity (Wildman–Crippen MR) is 94.0 cm³/mol. The Hall–Kier alpha value is -2.24. The molecule has 0 radical (unpaired) electrons. The fraction of sp³-hybridized carbons (Fsp3) is 0.176. The highest BCUT2D eigenvalue weighted by atomic mass is 35.5. The SMILES string of the molecule is COc1ccc(N[C@@H]2CC(=O)N(c3cc(Cl)cc(Cl)c3)C2=O)cc1. The van der Waals surface area contributed by atoms with Crippen LogP contribution in [0.25, 0.3) is 0 Å². The quantitative estimate of drug-likeness (QED) is 0.839. The molecule has 0 saturated carbocycles. The maximum atomic E-state index is 12.6. The first-order valence-corrected chi connectivity index (χ1v) is 7.97. The van der Waals surface area contributed by atoms with Gasteiger partial charge in [0.1, 0.15) is 11.8 Å². The van der Waals surface area contributed by atoms with Gasteiger partial charge in [-0.1, -0.05) is 23.2 Å². The number of nitrogens with zero attached hydrogens (tertiary/aromatic N) is 1. The highest BCUT2D eigenvalue weighted by molar-refractivity contribution is 6.35. The minimum Gasteiger partial charge on any atom is -0.497 e. The van der Waals surface area contributed by atoms with Crippen LogP contribution in [0.15, 0.2) is 42.5 Å². The molecule has 0 aromatic heterocycles. The summed E-state index contributed by atoms with van der Waals surface area (Å²) in [7, 11) is 1.58. The summed E-state index contributed by atoms with van der Waals surface area (Å²) in [6.45, 7) is 0. The van der Waals surface area contributed by atoms with Crippen molar-refractivity contribution in [3.63, 3.8) is 0 Å². The highest BCUT2D eigenvalue weighted by Gasteiger charge is 2.39. The molecule has 5 nitrogen and oxygen atoms in total. The smallest absolute Gasteiger partial charge is 0.256 e. The number of anilines is 2. The van der Waals surface area contributed by atoms with Crippen molar-refractivity contribution >= 4 is 46.4 Å². The Morgan fingerprint density at radius 1 is 1.08 bits per heavy atom. The summed E-state index contributed by atoms with van der Waals surface area (Å²) in [5.41, 5.74) is 1.11. The van der Waals surface area contributed by atoms with E-state index in [4.69, 9.17) is 27.9 Å². The minimum atomic E-state index is -0.636. The van der Waals surface area contributed by atoms with Crippen molar-refractivity contribution < 1.29 is 14.3 Å². The van der Waals surface area contributed by atoms with Crippen molar-refractivity contribution in [1.82, 2.24) is 0 Å². The van der Waals surface area contributed by atoms with E-state index < -0.39 is 6.04 Å². The van der Waals surface area contributed by atoms with Gasteiger partial charge >= 0.3 is 0 Å². The minimum absolute atomic E-state index is 0.0645. The van der Waals surface area contributed by atoms with Crippen molar-refractivity contribution in [3.05, 3.63) is 52.5 Å². The molecule has 0 aliphatic carbocycles. The Kier molecular flexibility index (Phi) is 4.64. The number of halogens is 2. The zero-order chi connectivity index (χ0) is 17.3. The number of benzene rings is 2. The van der Waals surface area contributed by atoms with Crippen LogP contribution in [0, 0.1) is 0 Å². The van der Waals surface area contributed by atoms with Gasteiger partial charge in [-0.2, -0.15) is 0 Å². The van der Waals surface area contributed by atoms with Crippen LogP contribution >= 0.6 is 23.2 Å². The van der Waals surface area contributed by atoms with Crippen molar-refractivity contribution in [2.45, 2.75) is 12.5 Å². The van der Waals surface area contributed by atoms with Crippen LogP contribution in [-0.4, -0.2) is 25.0 Å². The summed E-state index contributed by atoms with van der Waals surface area (Å²) < 4.78 is 5.09. The monoisotopic (exact) mass is 364 g/mol. The van der Waals surface area contributed by atoms with Crippen LogP contribution in [0.1, 0.15) is 6.42 Å². The van der Waals surface area contributed by atoms with Gasteiger partial charge in [-0.25, -0.2) is 4.90 Å². The molecule has 24 heavy (non-hydrogen) atoms. The predicted octanol–water partition coefficient (Wildman–Crippen LogP) is 3.75. The number of nitrogens with one attached hydrogen (secondary N) is 1. The van der Waals surface area contributed by atoms with E-state index >= 15 is 0 Å². The molecule has 124 valence electrons. The summed E-state index contributed by atoms with van der Waals surface area (Å²) in [5, 5.41) is 3.80. The Balaban J connectivity index is 1.80. The second kappa shape index (κ2) is 6.71. The largest absolute Gasteiger partial charge is 0.497 e. The van der Waals surface area contributed by atoms with E-state index in [1.54, 1.807) is 49.6 Å². The van der Waals surface area contributed by atoms with E-state index in [0.29, 0.717) is 21.5 Å². The van der Waals surface area contributed by atoms with E-state index in [1.165, 1.54) is 0 Å². The second-order valence-corrected chi connectivity index (χ2v) is 6.20. The number of carbonyl (C=O) groups excluding carboxylic acids is 2. The van der Waals surface area contributed by atoms with Gasteiger partial charge in [0.15, 0.2) is 0 Å². The molecule has 0 bridgehead atoms. The molecule has 1 fully saturated rings. The van der Waals surface area contributed by atoms with Crippen molar-refractivity contribution in [3.8, 4) is 5.75 Å². The summed E-state index contributed by atoms with van der Waals surface area (Å²) >= 11 is 11.9. The summed E-state index contributed by atoms with van der Waals surface area (Å²) in [6.07, 6.45) is 0.0645. The molecular weight excluding hydrogens is 351 g/mol. The molecule has 1 atom stereocenters. The lowest BCUT2D eigenvalue weighted by Gasteiger charge is -2.17. The number of rotatable bonds is 4. The van der Waals surface area contributed by atoms with Gasteiger partial charge in [0.05, 0.1) is 19.2 Å². The number of hydrogen-bond acceptors (Lipinski definition) is 4. The molecule has 1 N–H and O–H groups in total. The summed E-state index contributed by atoms with van der Waals surface area (Å²) in [6, 6.07) is 11.1. The third-order valence-corrected chi connectivity index (χ3v) is 4.12. The number of hydrogen-bond donors (Lipinski definition) is 1. The lowest BCUT2D eigenvalue weighted by Crippen LogP contribution is -2.34. The Morgan fingerprint density at radius 3 is 2.29 bits per heavy atom. The third kappa shape index (κ3) is 3.32. The van der Waals surface area contributed by atoms with Crippen LogP contribution < -0.4 is 15.0 Å². The van der Waals surface area contributed by atoms with Crippen molar-refractivity contribution in [1.29, 1.82) is 0 Å². The Labute approximate surface area is 149 Å². The Morgan fingerprint density at radius 2 is 1.71 bits per heavy atom. The topological polar surface area (TPSA) is 58.6 Å². The number of carbonyl (C=O) groups is 2. The van der Waals surface area contributed by atoms with E-state index in [1.807, 2.05) is 0 Å². The fourth-order valence-corrected chi connectivity index (χ4v) is 3.09. The number of amides is 2. The molecule has 7 heteroatoms. The van der Waals surface area contributed by atoms with E-state index in [-0.39, 0.29) is 18.2 Å². The third-order valence-electron chi connectivity index (χ3n) is 3.68. The molecule has 1 saturated heterocycles. The lowest BCUT2D eigenvalue weighted by atomic mass is 10.2. The zero-order valence-corrected chi connectivity index (χ0v) is 14.3. The number of methoxy groups -OCH3 is 1. The molecular formula is C17H14Cl2N2O3. The Bertz CT molecular complexity index is 773. The first kappa shape index (κ1) is 16.6. The van der Waals surface area contributed by atoms with Crippen molar-refractivity contribution in [2.75, 3.05) is 17.3 Å². The maximum absolute atomic E-state index is 12.6. The molecule has 2 aromatic carbocycles. The highest BCUT2D eigenvalue weighted by Crippen LogP contribution is 2.30. The van der Waals surface area contributed by atoms with E-state index in [0.717, 1.165) is 10.6 Å². The fourth-order valence-electron chi connectivity index (χ4n) is 2.57. The molecule has 2 amide bonds. The second-order valence-electron chi connectivity index (χ2n) is 5.32. The standard InChI is InChI=1S/C17H14Cl2N2O3/c1-24-14-4-2-12(3-5-14)20-15-9-16(22)21(17(15)23)13-7-10(18)6-11(19)8-13/h2-8,15,20H,9H2,1H3/t15-/m1/s1. The first-order chi connectivity index (χ1) is 11.5. The van der Waals surface area contributed by atoms with Crippen LogP contribution in [0.2, 0.25) is 10.0 Å². The average molecular weight is 365 g/mol. The van der Waals surface area contributed by atoms with Crippen LogP contribution in [0.4, 0.5) is 11.4 Å². The molecule has 3 rings (SSSR count). The maximum Gasteiger partial charge on any atom is 0.256 e. The molecule has 1 aliphatic heterocycles. The molecule has 1 aliphatic rings. The van der Waals surface area contributed by atoms with Crippen LogP contribution in [-0.2, 0) is 9.59 Å². The number of imide groups is 1. The number of ether oxygens (including phenoxy) is 1. The average Bonchev–Trinajstić information content (AvgIpc) is 2.81. The van der Waals surface area contributed by atoms with Crippen LogP contribution in [0.5, 0.6) is 5.75 Å². The van der Waals surface area contributed by atoms with Gasteiger partial charge in [-0.15, -0.1) is 0 Å². The first-order valence-electron chi connectivity index (χ1n) is 7.21. The van der Waals surface area contributed by atoms with E-state index in [2.05, 4.69) is 5.32 Å². The molecule has 1 heterocycles. The van der Waals surface area contributed by atoms with Gasteiger partial charge in [0.25, 0.3) is 5.91 Å². The normalized spacial score (nSPS) is 17.3. The molecule has 0 spiro atoms. The zero-order valence-electron chi connectivity index (χ0n) is 12.8.